The van der Waals surface area contributed by atoms with Crippen LogP contribution in [0.1, 0.15) is 41.5 Å². The zero-order valence-electron chi connectivity index (χ0n) is 28.1. The van der Waals surface area contributed by atoms with Crippen molar-refractivity contribution in [2.75, 3.05) is 0 Å². The maximum atomic E-state index is 11.8. The topological polar surface area (TPSA) is 71.1 Å². The fraction of sp³-hybridized carbons (Fsp3) is 0.143. The summed E-state index contributed by atoms with van der Waals surface area (Å²) in [4.78, 5) is 23.7. The number of esters is 2. The molecule has 0 aliphatic rings. The number of carbonyl (C=O) groups excluding carboxylic acids is 2. The van der Waals surface area contributed by atoms with Gasteiger partial charge in [0, 0.05) is 11.1 Å². The zero-order chi connectivity index (χ0) is 34.5. The quantitative estimate of drug-likeness (QED) is 0.0861. The Morgan fingerprint density at radius 1 is 0.417 bits per heavy atom. The molecule has 0 amide bonds. The van der Waals surface area contributed by atoms with E-state index in [0.29, 0.717) is 45.7 Å². The standard InChI is InChI=1S/C42H38O6/c1-25(2)41(43)47-29(7)27(5)45-39-19-17-35-21-33(13-15-37(35)23-39)31-9-11-32(12-10-31)34-14-16-38-24-40(20-18-36(38)22-34)46-28(6)30(8)48-42(44)26(3)4/h9-24H,1,3H2,2,4-8H3. The van der Waals surface area contributed by atoms with E-state index < -0.39 is 11.9 Å². The maximum Gasteiger partial charge on any atom is 0.338 e. The van der Waals surface area contributed by atoms with Crippen LogP contribution >= 0.6 is 0 Å². The van der Waals surface area contributed by atoms with Crippen LogP contribution in [0.25, 0.3) is 43.8 Å². The third kappa shape index (κ3) is 7.91. The van der Waals surface area contributed by atoms with Crippen molar-refractivity contribution in [3.8, 4) is 33.8 Å². The summed E-state index contributed by atoms with van der Waals surface area (Å²) >= 11 is 0. The van der Waals surface area contributed by atoms with Crippen LogP contribution < -0.4 is 9.47 Å². The van der Waals surface area contributed by atoms with Crippen molar-refractivity contribution in [3.05, 3.63) is 144 Å². The summed E-state index contributed by atoms with van der Waals surface area (Å²) in [6, 6.07) is 33.0. The number of benzene rings is 5. The number of allylic oxidation sites excluding steroid dienone is 4. The van der Waals surface area contributed by atoms with Gasteiger partial charge in [0.15, 0.2) is 0 Å². The van der Waals surface area contributed by atoms with E-state index in [2.05, 4.69) is 73.8 Å². The molecule has 0 heterocycles. The Morgan fingerprint density at radius 2 is 0.729 bits per heavy atom. The van der Waals surface area contributed by atoms with Crippen LogP contribution in [0.4, 0.5) is 0 Å². The lowest BCUT2D eigenvalue weighted by atomic mass is 9.97. The van der Waals surface area contributed by atoms with Gasteiger partial charge in [0.2, 0.25) is 0 Å². The number of ether oxygens (including phenoxy) is 4. The van der Waals surface area contributed by atoms with E-state index >= 15 is 0 Å². The average molecular weight is 639 g/mol. The van der Waals surface area contributed by atoms with Gasteiger partial charge in [0.25, 0.3) is 0 Å². The summed E-state index contributed by atoms with van der Waals surface area (Å²) in [5.74, 6) is 2.15. The van der Waals surface area contributed by atoms with Gasteiger partial charge in [-0.05, 0) is 122 Å². The maximum absolute atomic E-state index is 11.8. The molecule has 0 fully saturated rings. The fourth-order valence-electron chi connectivity index (χ4n) is 4.88. The first-order chi connectivity index (χ1) is 22.9. The molecule has 5 aromatic carbocycles. The molecule has 0 unspecified atom stereocenters. The predicted molar refractivity (Wildman–Crippen MR) is 192 cm³/mol. The van der Waals surface area contributed by atoms with Crippen molar-refractivity contribution in [3.63, 3.8) is 0 Å². The molecular weight excluding hydrogens is 600 g/mol. The van der Waals surface area contributed by atoms with Crippen molar-refractivity contribution in [2.45, 2.75) is 41.5 Å². The molecule has 6 nitrogen and oxygen atoms in total. The molecule has 0 spiro atoms. The van der Waals surface area contributed by atoms with Crippen LogP contribution in [0.2, 0.25) is 0 Å². The van der Waals surface area contributed by atoms with Crippen molar-refractivity contribution in [1.29, 1.82) is 0 Å². The molecule has 5 aromatic rings. The number of fused-ring (bicyclic) bond motifs is 2. The van der Waals surface area contributed by atoms with Crippen LogP contribution in [0.15, 0.2) is 144 Å². The summed E-state index contributed by atoms with van der Waals surface area (Å²) in [7, 11) is 0. The van der Waals surface area contributed by atoms with Crippen LogP contribution in [-0.4, -0.2) is 11.9 Å². The molecule has 48 heavy (non-hydrogen) atoms. The number of rotatable bonds is 10. The van der Waals surface area contributed by atoms with Gasteiger partial charge in [-0.15, -0.1) is 0 Å². The third-order valence-electron chi connectivity index (χ3n) is 7.90. The summed E-state index contributed by atoms with van der Waals surface area (Å²) in [6.07, 6.45) is 0. The molecule has 5 rings (SSSR count). The fourth-order valence-corrected chi connectivity index (χ4v) is 4.88. The molecular formula is C42H38O6. The van der Waals surface area contributed by atoms with Gasteiger partial charge >= 0.3 is 11.9 Å². The van der Waals surface area contributed by atoms with Crippen molar-refractivity contribution in [1.82, 2.24) is 0 Å². The first-order valence-electron chi connectivity index (χ1n) is 15.5. The van der Waals surface area contributed by atoms with E-state index in [4.69, 9.17) is 18.9 Å². The largest absolute Gasteiger partial charge is 0.458 e. The summed E-state index contributed by atoms with van der Waals surface area (Å²) in [5, 5.41) is 4.24. The van der Waals surface area contributed by atoms with E-state index in [1.807, 2.05) is 36.4 Å². The highest BCUT2D eigenvalue weighted by Gasteiger charge is 2.11. The Labute approximate surface area is 281 Å². The molecule has 0 aliphatic heterocycles. The van der Waals surface area contributed by atoms with Gasteiger partial charge in [-0.3, -0.25) is 0 Å². The highest BCUT2D eigenvalue weighted by atomic mass is 16.6. The van der Waals surface area contributed by atoms with E-state index in [-0.39, 0.29) is 0 Å². The first kappa shape index (κ1) is 33.5. The minimum absolute atomic E-state index is 0.329. The van der Waals surface area contributed by atoms with Gasteiger partial charge in [-0.1, -0.05) is 73.8 Å². The van der Waals surface area contributed by atoms with E-state index in [1.165, 1.54) is 0 Å². The Morgan fingerprint density at radius 3 is 1.08 bits per heavy atom. The SMILES string of the molecule is C=C(C)C(=O)OC(C)=C(C)Oc1ccc2cc(-c3ccc(-c4ccc5cc(OC(C)=C(C)OC(=O)C(=C)C)ccc5c4)cc3)ccc2c1. The zero-order valence-corrected chi connectivity index (χ0v) is 28.1. The molecule has 6 heteroatoms. The Bertz CT molecular complexity index is 1990. The summed E-state index contributed by atoms with van der Waals surface area (Å²) in [5.41, 5.74) is 5.11. The van der Waals surface area contributed by atoms with Gasteiger partial charge < -0.3 is 18.9 Å². The normalized spacial score (nSPS) is 12.1. The third-order valence-corrected chi connectivity index (χ3v) is 7.90. The van der Waals surface area contributed by atoms with E-state index in [0.717, 1.165) is 43.8 Å². The minimum Gasteiger partial charge on any atom is -0.458 e. The lowest BCUT2D eigenvalue weighted by molar-refractivity contribution is -0.136. The molecule has 242 valence electrons. The van der Waals surface area contributed by atoms with Crippen LogP contribution in [0, 0.1) is 0 Å². The second-order valence-electron chi connectivity index (χ2n) is 11.8. The second kappa shape index (κ2) is 14.3. The molecule has 0 radical (unpaired) electrons. The first-order valence-corrected chi connectivity index (χ1v) is 15.5. The molecule has 0 saturated carbocycles. The lowest BCUT2D eigenvalue weighted by Gasteiger charge is -2.12. The molecule has 0 aromatic heterocycles. The molecule has 0 aliphatic carbocycles. The predicted octanol–water partition coefficient (Wildman–Crippen LogP) is 10.8. The lowest BCUT2D eigenvalue weighted by Crippen LogP contribution is -2.06. The van der Waals surface area contributed by atoms with Crippen LogP contribution in [-0.2, 0) is 19.1 Å². The number of hydrogen-bond donors (Lipinski definition) is 0. The highest BCUT2D eigenvalue weighted by molar-refractivity contribution is 5.91. The minimum atomic E-state index is -0.478. The Kier molecular flexibility index (Phi) is 9.95. The Hall–Kier alpha value is -5.88. The van der Waals surface area contributed by atoms with E-state index in [1.54, 1.807) is 41.5 Å². The molecule has 0 bridgehead atoms. The van der Waals surface area contributed by atoms with Crippen molar-refractivity contribution in [2.24, 2.45) is 0 Å². The Balaban J connectivity index is 1.28. The van der Waals surface area contributed by atoms with Gasteiger partial charge in [0.1, 0.15) is 34.5 Å². The average Bonchev–Trinajstić information content (AvgIpc) is 3.07. The van der Waals surface area contributed by atoms with Gasteiger partial charge in [0.05, 0.1) is 0 Å². The van der Waals surface area contributed by atoms with Gasteiger partial charge in [-0.2, -0.15) is 0 Å². The smallest absolute Gasteiger partial charge is 0.338 e. The van der Waals surface area contributed by atoms with Gasteiger partial charge in [-0.25, -0.2) is 9.59 Å². The number of carbonyl (C=O) groups is 2. The van der Waals surface area contributed by atoms with Crippen LogP contribution in [0.3, 0.4) is 0 Å². The summed E-state index contributed by atoms with van der Waals surface area (Å²) in [6.45, 7) is 17.3. The number of hydrogen-bond acceptors (Lipinski definition) is 6. The molecule has 0 N–H and O–H groups in total. The molecule has 0 atom stereocenters. The van der Waals surface area contributed by atoms with Crippen LogP contribution in [0.5, 0.6) is 11.5 Å². The molecule has 0 saturated heterocycles. The monoisotopic (exact) mass is 638 g/mol. The van der Waals surface area contributed by atoms with E-state index in [9.17, 15) is 9.59 Å². The summed E-state index contributed by atoms with van der Waals surface area (Å²) < 4.78 is 22.5. The second-order valence-corrected chi connectivity index (χ2v) is 11.8. The van der Waals surface area contributed by atoms with Crippen molar-refractivity contribution >= 4 is 33.5 Å². The van der Waals surface area contributed by atoms with Crippen molar-refractivity contribution < 1.29 is 28.5 Å². The highest BCUT2D eigenvalue weighted by Crippen LogP contribution is 2.32.